The van der Waals surface area contributed by atoms with Crippen LogP contribution in [0.25, 0.3) is 0 Å². The lowest BCUT2D eigenvalue weighted by Crippen LogP contribution is -2.40. The molecule has 1 aliphatic heterocycles. The van der Waals surface area contributed by atoms with Crippen LogP contribution in [0.3, 0.4) is 0 Å². The zero-order valence-corrected chi connectivity index (χ0v) is 13.0. The van der Waals surface area contributed by atoms with E-state index in [1.807, 2.05) is 11.3 Å². The molecular formula is C14H25ClN2S. The van der Waals surface area contributed by atoms with Gasteiger partial charge < -0.3 is 5.32 Å². The van der Waals surface area contributed by atoms with E-state index < -0.39 is 0 Å². The second-order valence-electron chi connectivity index (χ2n) is 5.31. The fraction of sp³-hybridized carbons (Fsp3) is 0.714. The maximum Gasteiger partial charge on any atom is 0.0330 e. The Balaban J connectivity index is 0.00000162. The van der Waals surface area contributed by atoms with Crippen LogP contribution in [-0.2, 0) is 6.54 Å². The summed E-state index contributed by atoms with van der Waals surface area (Å²) in [5.41, 5.74) is 0. The van der Waals surface area contributed by atoms with E-state index in [0.717, 1.165) is 12.5 Å². The van der Waals surface area contributed by atoms with E-state index in [4.69, 9.17) is 0 Å². The van der Waals surface area contributed by atoms with Gasteiger partial charge in [-0.05, 0) is 57.1 Å². The van der Waals surface area contributed by atoms with Gasteiger partial charge in [0.25, 0.3) is 0 Å². The van der Waals surface area contributed by atoms with E-state index in [1.54, 1.807) is 0 Å². The molecule has 2 rings (SSSR count). The summed E-state index contributed by atoms with van der Waals surface area (Å²) in [5, 5.41) is 5.69. The summed E-state index contributed by atoms with van der Waals surface area (Å²) in [4.78, 5) is 4.10. The summed E-state index contributed by atoms with van der Waals surface area (Å²) in [5.74, 6) is 0.839. The lowest BCUT2D eigenvalue weighted by atomic mass is 9.98. The lowest BCUT2D eigenvalue weighted by molar-refractivity contribution is 0.165. The highest BCUT2D eigenvalue weighted by molar-refractivity contribution is 7.09. The molecule has 0 aromatic carbocycles. The summed E-state index contributed by atoms with van der Waals surface area (Å²) in [6.45, 7) is 9.39. The van der Waals surface area contributed by atoms with E-state index in [1.165, 1.54) is 37.4 Å². The first-order valence-corrected chi connectivity index (χ1v) is 7.61. The molecule has 0 spiro atoms. The van der Waals surface area contributed by atoms with Crippen LogP contribution >= 0.6 is 23.7 Å². The first-order valence-electron chi connectivity index (χ1n) is 6.73. The normalized spacial score (nSPS) is 20.1. The Morgan fingerprint density at radius 3 is 2.89 bits per heavy atom. The van der Waals surface area contributed by atoms with Gasteiger partial charge >= 0.3 is 0 Å². The van der Waals surface area contributed by atoms with Gasteiger partial charge in [-0.3, -0.25) is 4.90 Å². The average molecular weight is 289 g/mol. The van der Waals surface area contributed by atoms with Crippen molar-refractivity contribution in [2.45, 2.75) is 39.3 Å². The third kappa shape index (κ3) is 4.88. The Labute approximate surface area is 121 Å². The van der Waals surface area contributed by atoms with Crippen LogP contribution in [0.5, 0.6) is 0 Å². The summed E-state index contributed by atoms with van der Waals surface area (Å²) in [7, 11) is 0. The van der Waals surface area contributed by atoms with Gasteiger partial charge in [0.15, 0.2) is 0 Å². The molecule has 1 N–H and O–H groups in total. The zero-order valence-electron chi connectivity index (χ0n) is 11.4. The second kappa shape index (κ2) is 8.16. The van der Waals surface area contributed by atoms with Crippen molar-refractivity contribution in [2.24, 2.45) is 5.92 Å². The predicted octanol–water partition coefficient (Wildman–Crippen LogP) is 3.38. The van der Waals surface area contributed by atoms with Crippen LogP contribution < -0.4 is 5.32 Å². The molecule has 2 nitrogen and oxygen atoms in total. The van der Waals surface area contributed by atoms with Crippen molar-refractivity contribution < 1.29 is 0 Å². The molecule has 1 aromatic heterocycles. The molecule has 2 heterocycles. The summed E-state index contributed by atoms with van der Waals surface area (Å²) < 4.78 is 0. The number of piperidine rings is 1. The molecule has 0 radical (unpaired) electrons. The second-order valence-corrected chi connectivity index (χ2v) is 6.35. The van der Waals surface area contributed by atoms with E-state index in [0.29, 0.717) is 6.04 Å². The minimum absolute atomic E-state index is 0. The summed E-state index contributed by atoms with van der Waals surface area (Å²) in [6, 6.07) is 5.04. The molecule has 1 unspecified atom stereocenters. The number of thiophene rings is 1. The minimum atomic E-state index is 0. The molecule has 4 heteroatoms. The number of rotatable bonds is 5. The van der Waals surface area contributed by atoms with Crippen LogP contribution in [0, 0.1) is 5.92 Å². The van der Waals surface area contributed by atoms with Gasteiger partial charge in [-0.15, -0.1) is 23.7 Å². The molecular weight excluding hydrogens is 264 g/mol. The van der Waals surface area contributed by atoms with E-state index in [2.05, 4.69) is 41.6 Å². The number of nitrogens with zero attached hydrogens (tertiary/aromatic N) is 1. The first-order chi connectivity index (χ1) is 8.25. The highest BCUT2D eigenvalue weighted by Gasteiger charge is 2.19. The van der Waals surface area contributed by atoms with Crippen LogP contribution in [0.1, 0.15) is 31.6 Å². The molecule has 1 saturated heterocycles. The Morgan fingerprint density at radius 1 is 1.50 bits per heavy atom. The molecule has 1 aliphatic rings. The van der Waals surface area contributed by atoms with E-state index in [9.17, 15) is 0 Å². The van der Waals surface area contributed by atoms with Gasteiger partial charge in [-0.2, -0.15) is 0 Å². The fourth-order valence-electron chi connectivity index (χ4n) is 2.47. The van der Waals surface area contributed by atoms with Gasteiger partial charge in [0, 0.05) is 24.0 Å². The minimum Gasteiger partial charge on any atom is -0.316 e. The molecule has 1 fully saturated rings. The van der Waals surface area contributed by atoms with Gasteiger partial charge in [-0.25, -0.2) is 0 Å². The van der Waals surface area contributed by atoms with Crippen molar-refractivity contribution >= 4 is 23.7 Å². The summed E-state index contributed by atoms with van der Waals surface area (Å²) in [6.07, 6.45) is 2.73. The number of hydrogen-bond acceptors (Lipinski definition) is 3. The third-order valence-electron chi connectivity index (χ3n) is 3.56. The number of halogens is 1. The van der Waals surface area contributed by atoms with E-state index in [-0.39, 0.29) is 12.4 Å². The SMILES string of the molecule is CC(C)N(Cc1cccs1)CC1CCCNC1.Cl. The van der Waals surface area contributed by atoms with Crippen molar-refractivity contribution in [1.82, 2.24) is 10.2 Å². The maximum atomic E-state index is 3.51. The van der Waals surface area contributed by atoms with Crippen molar-refractivity contribution in [3.05, 3.63) is 22.4 Å². The van der Waals surface area contributed by atoms with Crippen LogP contribution in [0.4, 0.5) is 0 Å². The molecule has 0 amide bonds. The van der Waals surface area contributed by atoms with Gasteiger partial charge in [0.1, 0.15) is 0 Å². The van der Waals surface area contributed by atoms with Crippen LogP contribution in [0.2, 0.25) is 0 Å². The maximum absolute atomic E-state index is 3.51. The smallest absolute Gasteiger partial charge is 0.0330 e. The van der Waals surface area contributed by atoms with Crippen LogP contribution in [-0.4, -0.2) is 30.6 Å². The van der Waals surface area contributed by atoms with Gasteiger partial charge in [0.05, 0.1) is 0 Å². The van der Waals surface area contributed by atoms with E-state index >= 15 is 0 Å². The molecule has 1 atom stereocenters. The molecule has 0 bridgehead atoms. The van der Waals surface area contributed by atoms with Gasteiger partial charge in [0.2, 0.25) is 0 Å². The van der Waals surface area contributed by atoms with Crippen molar-refractivity contribution in [3.63, 3.8) is 0 Å². The standard InChI is InChI=1S/C14H24N2S.ClH/c1-12(2)16(11-14-6-4-8-17-14)10-13-5-3-7-15-9-13;/h4,6,8,12-13,15H,3,5,7,9-11H2,1-2H3;1H. The molecule has 104 valence electrons. The number of hydrogen-bond donors (Lipinski definition) is 1. The molecule has 0 saturated carbocycles. The Hall–Kier alpha value is -0.0900. The van der Waals surface area contributed by atoms with Crippen LogP contribution in [0.15, 0.2) is 17.5 Å². The van der Waals surface area contributed by atoms with Crippen molar-refractivity contribution in [2.75, 3.05) is 19.6 Å². The first kappa shape index (κ1) is 16.0. The number of nitrogens with one attached hydrogen (secondary N) is 1. The fourth-order valence-corrected chi connectivity index (χ4v) is 3.20. The monoisotopic (exact) mass is 288 g/mol. The lowest BCUT2D eigenvalue weighted by Gasteiger charge is -2.32. The molecule has 1 aromatic rings. The highest BCUT2D eigenvalue weighted by Crippen LogP contribution is 2.18. The summed E-state index contributed by atoms with van der Waals surface area (Å²) >= 11 is 1.87. The van der Waals surface area contributed by atoms with Gasteiger partial charge in [-0.1, -0.05) is 6.07 Å². The molecule has 0 aliphatic carbocycles. The Morgan fingerprint density at radius 2 is 2.33 bits per heavy atom. The third-order valence-corrected chi connectivity index (χ3v) is 4.42. The average Bonchev–Trinajstić information content (AvgIpc) is 2.82. The van der Waals surface area contributed by atoms with Crippen molar-refractivity contribution in [3.8, 4) is 0 Å². The molecule has 18 heavy (non-hydrogen) atoms. The topological polar surface area (TPSA) is 15.3 Å². The quantitative estimate of drug-likeness (QED) is 0.894. The zero-order chi connectivity index (χ0) is 12.1. The highest BCUT2D eigenvalue weighted by atomic mass is 35.5. The largest absolute Gasteiger partial charge is 0.316 e. The van der Waals surface area contributed by atoms with Crippen molar-refractivity contribution in [1.29, 1.82) is 0 Å². The predicted molar refractivity (Wildman–Crippen MR) is 82.7 cm³/mol. The Kier molecular flexibility index (Phi) is 7.23. The Bertz CT molecular complexity index is 308.